The van der Waals surface area contributed by atoms with Crippen molar-refractivity contribution in [3.05, 3.63) is 34.9 Å². The highest BCUT2D eigenvalue weighted by Gasteiger charge is 2.30. The number of nitrogens with zero attached hydrogens (tertiary/aromatic N) is 1. The number of carbonyl (C=O) groups is 1. The van der Waals surface area contributed by atoms with Crippen molar-refractivity contribution in [2.75, 3.05) is 26.9 Å². The first-order chi connectivity index (χ1) is 10.0. The molecule has 4 nitrogen and oxygen atoms in total. The molecular weight excluding hydrogens is 290 g/mol. The molecule has 5 heteroatoms. The van der Waals surface area contributed by atoms with Gasteiger partial charge in [-0.15, -0.1) is 0 Å². The summed E-state index contributed by atoms with van der Waals surface area (Å²) in [5, 5.41) is 0.718. The van der Waals surface area contributed by atoms with E-state index in [0.29, 0.717) is 19.8 Å². The van der Waals surface area contributed by atoms with Gasteiger partial charge in [0.25, 0.3) is 5.91 Å². The Morgan fingerprint density at radius 1 is 1.29 bits per heavy atom. The summed E-state index contributed by atoms with van der Waals surface area (Å²) in [7, 11) is 1.82. The predicted molar refractivity (Wildman–Crippen MR) is 82.7 cm³/mol. The second-order valence-electron chi connectivity index (χ2n) is 5.46. The van der Waals surface area contributed by atoms with Crippen molar-refractivity contribution in [1.82, 2.24) is 4.90 Å². The van der Waals surface area contributed by atoms with E-state index in [0.717, 1.165) is 10.6 Å². The van der Waals surface area contributed by atoms with Gasteiger partial charge in [-0.1, -0.05) is 30.7 Å². The van der Waals surface area contributed by atoms with Crippen molar-refractivity contribution in [2.45, 2.75) is 31.9 Å². The van der Waals surface area contributed by atoms with E-state index in [4.69, 9.17) is 21.1 Å². The summed E-state index contributed by atoms with van der Waals surface area (Å²) < 4.78 is 10.8. The molecule has 0 radical (unpaired) electrons. The van der Waals surface area contributed by atoms with Gasteiger partial charge >= 0.3 is 0 Å². The van der Waals surface area contributed by atoms with E-state index in [1.54, 1.807) is 4.90 Å². The van der Waals surface area contributed by atoms with Crippen LogP contribution < -0.4 is 0 Å². The molecule has 2 rings (SSSR count). The number of rotatable bonds is 4. The van der Waals surface area contributed by atoms with Gasteiger partial charge in [0.1, 0.15) is 0 Å². The lowest BCUT2D eigenvalue weighted by atomic mass is 9.93. The van der Waals surface area contributed by atoms with Crippen LogP contribution in [0.25, 0.3) is 0 Å². The quantitative estimate of drug-likeness (QED) is 0.858. The molecule has 0 unspecified atom stereocenters. The summed E-state index contributed by atoms with van der Waals surface area (Å²) >= 11 is 5.92. The van der Waals surface area contributed by atoms with Crippen molar-refractivity contribution in [1.29, 1.82) is 0 Å². The third-order valence-corrected chi connectivity index (χ3v) is 4.42. The van der Waals surface area contributed by atoms with E-state index in [1.807, 2.05) is 38.2 Å². The van der Waals surface area contributed by atoms with Gasteiger partial charge in [0, 0.05) is 24.0 Å². The van der Waals surface area contributed by atoms with Crippen molar-refractivity contribution in [3.8, 4) is 0 Å². The van der Waals surface area contributed by atoms with Crippen LogP contribution in [0.1, 0.15) is 25.3 Å². The topological polar surface area (TPSA) is 38.8 Å². The lowest BCUT2D eigenvalue weighted by Gasteiger charge is -2.33. The first-order valence-corrected chi connectivity index (χ1v) is 7.60. The maximum Gasteiger partial charge on any atom is 0.254 e. The van der Waals surface area contributed by atoms with Crippen LogP contribution in [0.4, 0.5) is 0 Å². The van der Waals surface area contributed by atoms with E-state index in [1.165, 1.54) is 0 Å². The van der Waals surface area contributed by atoms with Crippen LogP contribution in [0.15, 0.2) is 24.3 Å². The highest BCUT2D eigenvalue weighted by molar-refractivity contribution is 6.30. The average Bonchev–Trinajstić information content (AvgIpc) is 2.53. The monoisotopic (exact) mass is 311 g/mol. The molecular formula is C16H22ClNO3. The molecule has 1 amide bonds. The Labute approximate surface area is 131 Å². The standard InChI is InChI=1S/C16H22ClNO3/c1-11(13-4-6-14(17)7-5-13)12(2)18(3)16(19)15-10-20-8-9-21-15/h4-7,11-12,15H,8-10H2,1-3H3/t11-,12+,15+/m0/s1. The number of hydrogen-bond donors (Lipinski definition) is 0. The second kappa shape index (κ2) is 7.25. The van der Waals surface area contributed by atoms with Crippen molar-refractivity contribution >= 4 is 17.5 Å². The van der Waals surface area contributed by atoms with Gasteiger partial charge in [0.05, 0.1) is 19.8 Å². The van der Waals surface area contributed by atoms with E-state index < -0.39 is 6.10 Å². The number of carbonyl (C=O) groups excluding carboxylic acids is 1. The summed E-state index contributed by atoms with van der Waals surface area (Å²) in [6.07, 6.45) is -0.483. The summed E-state index contributed by atoms with van der Waals surface area (Å²) in [5.74, 6) is 0.184. The Balaban J connectivity index is 2.01. The van der Waals surface area contributed by atoms with Gasteiger partial charge in [0.2, 0.25) is 0 Å². The van der Waals surface area contributed by atoms with Crippen LogP contribution in [0, 0.1) is 0 Å². The maximum atomic E-state index is 12.4. The molecule has 116 valence electrons. The fraction of sp³-hybridized carbons (Fsp3) is 0.562. The molecule has 1 aromatic carbocycles. The molecule has 0 N–H and O–H groups in total. The first-order valence-electron chi connectivity index (χ1n) is 7.22. The van der Waals surface area contributed by atoms with Gasteiger partial charge < -0.3 is 14.4 Å². The summed E-state index contributed by atoms with van der Waals surface area (Å²) in [6.45, 7) is 5.53. The minimum Gasteiger partial charge on any atom is -0.376 e. The van der Waals surface area contributed by atoms with Gasteiger partial charge in [0.15, 0.2) is 6.10 Å². The molecule has 1 heterocycles. The minimum atomic E-state index is -0.483. The van der Waals surface area contributed by atoms with Crippen LogP contribution in [0.5, 0.6) is 0 Å². The van der Waals surface area contributed by atoms with Crippen LogP contribution in [0.2, 0.25) is 5.02 Å². The molecule has 21 heavy (non-hydrogen) atoms. The molecule has 0 saturated carbocycles. The Kier molecular flexibility index (Phi) is 5.62. The molecule has 0 aromatic heterocycles. The average molecular weight is 312 g/mol. The van der Waals surface area contributed by atoms with Crippen molar-refractivity contribution in [3.63, 3.8) is 0 Å². The molecule has 0 spiro atoms. The van der Waals surface area contributed by atoms with E-state index in [9.17, 15) is 4.79 Å². The largest absolute Gasteiger partial charge is 0.376 e. The van der Waals surface area contributed by atoms with Crippen molar-refractivity contribution < 1.29 is 14.3 Å². The molecule has 1 aromatic rings. The van der Waals surface area contributed by atoms with E-state index >= 15 is 0 Å². The molecule has 3 atom stereocenters. The highest BCUT2D eigenvalue weighted by Crippen LogP contribution is 2.24. The third kappa shape index (κ3) is 3.96. The van der Waals surface area contributed by atoms with Gasteiger partial charge in [-0.2, -0.15) is 0 Å². The molecule has 1 aliphatic heterocycles. The maximum absolute atomic E-state index is 12.4. The summed E-state index contributed by atoms with van der Waals surface area (Å²) in [4.78, 5) is 14.2. The van der Waals surface area contributed by atoms with Crippen LogP contribution in [-0.2, 0) is 14.3 Å². The Bertz CT molecular complexity index is 471. The van der Waals surface area contributed by atoms with Gasteiger partial charge in [-0.3, -0.25) is 4.79 Å². The number of benzene rings is 1. The summed E-state index contributed by atoms with van der Waals surface area (Å²) in [6, 6.07) is 7.81. The zero-order valence-electron chi connectivity index (χ0n) is 12.7. The lowest BCUT2D eigenvalue weighted by molar-refractivity contribution is -0.158. The second-order valence-corrected chi connectivity index (χ2v) is 5.90. The van der Waals surface area contributed by atoms with E-state index in [2.05, 4.69) is 6.92 Å². The lowest BCUT2D eigenvalue weighted by Crippen LogP contribution is -2.48. The molecule has 1 fully saturated rings. The van der Waals surface area contributed by atoms with Crippen LogP contribution in [-0.4, -0.2) is 49.8 Å². The number of ether oxygens (including phenoxy) is 2. The summed E-state index contributed by atoms with van der Waals surface area (Å²) in [5.41, 5.74) is 1.16. The minimum absolute atomic E-state index is 0.0250. The fourth-order valence-electron chi connectivity index (χ4n) is 2.44. The predicted octanol–water partition coefficient (Wildman–Crippen LogP) is 2.71. The molecule has 1 saturated heterocycles. The fourth-order valence-corrected chi connectivity index (χ4v) is 2.56. The Morgan fingerprint density at radius 3 is 2.52 bits per heavy atom. The van der Waals surface area contributed by atoms with Crippen molar-refractivity contribution in [2.24, 2.45) is 0 Å². The van der Waals surface area contributed by atoms with Gasteiger partial charge in [-0.25, -0.2) is 0 Å². The molecule has 0 bridgehead atoms. The number of hydrogen-bond acceptors (Lipinski definition) is 3. The Hall–Kier alpha value is -1.10. The van der Waals surface area contributed by atoms with E-state index in [-0.39, 0.29) is 17.9 Å². The number of amides is 1. The first kappa shape index (κ1) is 16.3. The zero-order valence-corrected chi connectivity index (χ0v) is 13.5. The number of likely N-dealkylation sites (N-methyl/N-ethyl adjacent to an activating group) is 1. The normalized spacial score (nSPS) is 21.6. The van der Waals surface area contributed by atoms with Gasteiger partial charge in [-0.05, 0) is 24.6 Å². The van der Waals surface area contributed by atoms with Crippen LogP contribution in [0.3, 0.4) is 0 Å². The third-order valence-electron chi connectivity index (χ3n) is 4.17. The molecule has 1 aliphatic rings. The smallest absolute Gasteiger partial charge is 0.254 e. The Morgan fingerprint density at radius 2 is 1.95 bits per heavy atom. The number of halogens is 1. The molecule has 0 aliphatic carbocycles. The highest BCUT2D eigenvalue weighted by atomic mass is 35.5. The SMILES string of the molecule is C[C@H](c1ccc(Cl)cc1)[C@@H](C)N(C)C(=O)[C@H]1COCCO1. The zero-order chi connectivity index (χ0) is 15.4. The van der Waals surface area contributed by atoms with Crippen LogP contribution >= 0.6 is 11.6 Å².